The summed E-state index contributed by atoms with van der Waals surface area (Å²) in [5.74, 6) is 1.00. The van der Waals surface area contributed by atoms with Crippen LogP contribution in [0.3, 0.4) is 0 Å². The predicted octanol–water partition coefficient (Wildman–Crippen LogP) is 3.30. The van der Waals surface area contributed by atoms with Gasteiger partial charge in [0.1, 0.15) is 0 Å². The summed E-state index contributed by atoms with van der Waals surface area (Å²) in [5, 5.41) is 0. The molecule has 0 amide bonds. The van der Waals surface area contributed by atoms with Crippen LogP contribution in [-0.2, 0) is 0 Å². The Hall–Kier alpha value is -0.0400. The van der Waals surface area contributed by atoms with Crippen molar-refractivity contribution in [1.82, 2.24) is 4.90 Å². The summed E-state index contributed by atoms with van der Waals surface area (Å²) in [6.45, 7) is 9.79. The van der Waals surface area contributed by atoms with E-state index >= 15 is 0 Å². The van der Waals surface area contributed by atoms with Gasteiger partial charge in [0.15, 0.2) is 0 Å². The lowest BCUT2D eigenvalue weighted by molar-refractivity contribution is 0.0846. The minimum absolute atomic E-state index is 0.756. The van der Waals surface area contributed by atoms with Gasteiger partial charge >= 0.3 is 0 Å². The highest BCUT2D eigenvalue weighted by Crippen LogP contribution is 2.48. The van der Waals surface area contributed by atoms with Crippen molar-refractivity contribution >= 4 is 0 Å². The normalized spacial score (nSPS) is 33.0. The Labute approximate surface area is 88.9 Å². The molecule has 0 N–H and O–H groups in total. The average molecular weight is 195 g/mol. The maximum atomic E-state index is 2.65. The van der Waals surface area contributed by atoms with E-state index in [0.29, 0.717) is 0 Å². The molecule has 1 atom stereocenters. The van der Waals surface area contributed by atoms with E-state index in [1.54, 1.807) is 0 Å². The molecule has 1 saturated carbocycles. The number of rotatable bonds is 1. The maximum absolute atomic E-state index is 2.65. The first-order chi connectivity index (χ1) is 6.61. The molecule has 1 heteroatoms. The van der Waals surface area contributed by atoms with Crippen LogP contribution in [0.25, 0.3) is 0 Å². The molecule has 82 valence electrons. The highest BCUT2D eigenvalue weighted by atomic mass is 15.2. The van der Waals surface area contributed by atoms with E-state index in [1.165, 1.54) is 45.2 Å². The first-order valence-electron chi connectivity index (χ1n) is 6.35. The van der Waals surface area contributed by atoms with Gasteiger partial charge in [0.25, 0.3) is 0 Å². The van der Waals surface area contributed by atoms with E-state index in [9.17, 15) is 0 Å². The third-order valence-corrected chi connectivity index (χ3v) is 4.54. The van der Waals surface area contributed by atoms with E-state index in [0.717, 1.165) is 17.4 Å². The molecular weight excluding hydrogens is 170 g/mol. The smallest absolute Gasteiger partial charge is 0.00385 e. The number of likely N-dealkylation sites (tertiary alicyclic amines) is 1. The van der Waals surface area contributed by atoms with E-state index < -0.39 is 0 Å². The second kappa shape index (κ2) is 3.84. The average Bonchev–Trinajstić information content (AvgIpc) is 2.48. The Bertz CT molecular complexity index is 189. The molecule has 0 radical (unpaired) electrons. The van der Waals surface area contributed by atoms with Gasteiger partial charge in [-0.1, -0.05) is 13.3 Å². The van der Waals surface area contributed by atoms with Crippen LogP contribution >= 0.6 is 0 Å². The molecule has 1 nitrogen and oxygen atoms in total. The van der Waals surface area contributed by atoms with Gasteiger partial charge in [-0.2, -0.15) is 0 Å². The van der Waals surface area contributed by atoms with Gasteiger partial charge in [-0.3, -0.25) is 0 Å². The molecule has 1 unspecified atom stereocenters. The zero-order valence-electron chi connectivity index (χ0n) is 10.1. The van der Waals surface area contributed by atoms with E-state index in [4.69, 9.17) is 0 Å². The molecule has 1 heterocycles. The van der Waals surface area contributed by atoms with Crippen molar-refractivity contribution in [3.63, 3.8) is 0 Å². The molecule has 2 rings (SSSR count). The van der Waals surface area contributed by atoms with Crippen molar-refractivity contribution < 1.29 is 0 Å². The van der Waals surface area contributed by atoms with Gasteiger partial charge in [0.2, 0.25) is 0 Å². The molecule has 0 aromatic heterocycles. The van der Waals surface area contributed by atoms with E-state index in [1.807, 2.05) is 0 Å². The largest absolute Gasteiger partial charge is 0.301 e. The van der Waals surface area contributed by atoms with Crippen molar-refractivity contribution in [1.29, 1.82) is 0 Å². The van der Waals surface area contributed by atoms with Crippen LogP contribution in [0.5, 0.6) is 0 Å². The predicted molar refractivity (Wildman–Crippen MR) is 61.4 cm³/mol. The third-order valence-electron chi connectivity index (χ3n) is 4.54. The summed E-state index contributed by atoms with van der Waals surface area (Å²) >= 11 is 0. The van der Waals surface area contributed by atoms with Crippen LogP contribution in [0.1, 0.15) is 52.9 Å². The summed E-state index contributed by atoms with van der Waals surface area (Å²) in [5.41, 5.74) is 0.769. The summed E-state index contributed by atoms with van der Waals surface area (Å²) in [6.07, 6.45) is 7.45. The lowest BCUT2D eigenvalue weighted by Gasteiger charge is -2.41. The fourth-order valence-electron chi connectivity index (χ4n) is 3.46. The molecule has 0 aromatic carbocycles. The SMILES string of the molecule is CC1CCC2(CCN(C(C)C)CC2)C1. The standard InChI is InChI=1S/C13H25N/c1-11(2)14-8-6-13(7-9-14)5-4-12(3)10-13/h11-12H,4-10H2,1-3H3. The highest BCUT2D eigenvalue weighted by molar-refractivity contribution is 4.92. The number of nitrogens with zero attached hydrogens (tertiary/aromatic N) is 1. The molecule has 1 saturated heterocycles. The number of piperidine rings is 1. The Morgan fingerprint density at radius 3 is 2.21 bits per heavy atom. The Balaban J connectivity index is 1.89. The number of hydrogen-bond acceptors (Lipinski definition) is 1. The molecule has 0 bridgehead atoms. The van der Waals surface area contributed by atoms with Gasteiger partial charge < -0.3 is 4.90 Å². The second-order valence-electron chi connectivity index (χ2n) is 5.98. The Morgan fingerprint density at radius 1 is 1.14 bits per heavy atom. The van der Waals surface area contributed by atoms with Crippen molar-refractivity contribution in [3.8, 4) is 0 Å². The fourth-order valence-corrected chi connectivity index (χ4v) is 3.46. The van der Waals surface area contributed by atoms with Crippen LogP contribution in [0.15, 0.2) is 0 Å². The fraction of sp³-hybridized carbons (Fsp3) is 1.00. The van der Waals surface area contributed by atoms with Gasteiger partial charge in [0, 0.05) is 6.04 Å². The highest BCUT2D eigenvalue weighted by Gasteiger charge is 2.39. The van der Waals surface area contributed by atoms with Crippen LogP contribution in [0, 0.1) is 11.3 Å². The topological polar surface area (TPSA) is 3.24 Å². The van der Waals surface area contributed by atoms with Gasteiger partial charge in [-0.05, 0) is 64.0 Å². The minimum Gasteiger partial charge on any atom is -0.301 e. The molecule has 0 aromatic rings. The van der Waals surface area contributed by atoms with Gasteiger partial charge in [0.05, 0.1) is 0 Å². The summed E-state index contributed by atoms with van der Waals surface area (Å²) in [6, 6.07) is 0.756. The molecule has 1 aliphatic carbocycles. The number of hydrogen-bond donors (Lipinski definition) is 0. The molecule has 1 aliphatic heterocycles. The lowest BCUT2D eigenvalue weighted by Crippen LogP contribution is -2.42. The molecule has 1 spiro atoms. The van der Waals surface area contributed by atoms with E-state index in [-0.39, 0.29) is 0 Å². The van der Waals surface area contributed by atoms with Crippen molar-refractivity contribution in [3.05, 3.63) is 0 Å². The van der Waals surface area contributed by atoms with E-state index in [2.05, 4.69) is 25.7 Å². The Kier molecular flexibility index (Phi) is 2.88. The van der Waals surface area contributed by atoms with Crippen LogP contribution in [0.2, 0.25) is 0 Å². The van der Waals surface area contributed by atoms with Crippen LogP contribution in [0.4, 0.5) is 0 Å². The Morgan fingerprint density at radius 2 is 1.79 bits per heavy atom. The lowest BCUT2D eigenvalue weighted by atomic mass is 9.76. The summed E-state index contributed by atoms with van der Waals surface area (Å²) in [4.78, 5) is 2.65. The van der Waals surface area contributed by atoms with Crippen LogP contribution < -0.4 is 0 Å². The zero-order chi connectivity index (χ0) is 10.2. The molecule has 2 fully saturated rings. The minimum atomic E-state index is 0.756. The van der Waals surface area contributed by atoms with Crippen molar-refractivity contribution in [2.24, 2.45) is 11.3 Å². The quantitative estimate of drug-likeness (QED) is 0.620. The molecule has 2 aliphatic rings. The monoisotopic (exact) mass is 195 g/mol. The third kappa shape index (κ3) is 1.98. The first kappa shape index (κ1) is 10.5. The summed E-state index contributed by atoms with van der Waals surface area (Å²) in [7, 11) is 0. The first-order valence-corrected chi connectivity index (χ1v) is 6.35. The molecule has 14 heavy (non-hydrogen) atoms. The van der Waals surface area contributed by atoms with Gasteiger partial charge in [-0.15, -0.1) is 0 Å². The van der Waals surface area contributed by atoms with Crippen LogP contribution in [-0.4, -0.2) is 24.0 Å². The molecular formula is C13H25N. The maximum Gasteiger partial charge on any atom is 0.00385 e. The second-order valence-corrected chi connectivity index (χ2v) is 5.98. The van der Waals surface area contributed by atoms with Crippen molar-refractivity contribution in [2.75, 3.05) is 13.1 Å². The zero-order valence-corrected chi connectivity index (χ0v) is 10.1. The summed E-state index contributed by atoms with van der Waals surface area (Å²) < 4.78 is 0. The van der Waals surface area contributed by atoms with Gasteiger partial charge in [-0.25, -0.2) is 0 Å². The van der Waals surface area contributed by atoms with Crippen molar-refractivity contribution in [2.45, 2.75) is 58.9 Å².